The molecule has 1 atom stereocenters. The lowest BCUT2D eigenvalue weighted by atomic mass is 9.89. The first-order chi connectivity index (χ1) is 14.5. The third-order valence-electron chi connectivity index (χ3n) is 4.90. The number of ketones is 1. The van der Waals surface area contributed by atoms with E-state index >= 15 is 0 Å². The Hall–Kier alpha value is -4.01. The molecule has 0 saturated carbocycles. The molecule has 0 aliphatic carbocycles. The minimum Gasteiger partial charge on any atom is -0.464 e. The summed E-state index contributed by atoms with van der Waals surface area (Å²) >= 11 is 0. The first kappa shape index (κ1) is 19.3. The SMILES string of the molecule is COC(=O)C1=C(C(=O)c2ccccc2)[C@H](c2ccc(N(C)C)cc2)Nc2nnnn21. The summed E-state index contributed by atoms with van der Waals surface area (Å²) in [6.45, 7) is 0. The minimum atomic E-state index is -0.695. The van der Waals surface area contributed by atoms with Crippen molar-refractivity contribution in [3.63, 3.8) is 0 Å². The molecule has 1 aliphatic rings. The third-order valence-corrected chi connectivity index (χ3v) is 4.90. The Morgan fingerprint density at radius 3 is 2.40 bits per heavy atom. The molecule has 0 spiro atoms. The highest BCUT2D eigenvalue weighted by molar-refractivity contribution is 6.24. The quantitative estimate of drug-likeness (QED) is 0.510. The van der Waals surface area contributed by atoms with Crippen LogP contribution >= 0.6 is 0 Å². The van der Waals surface area contributed by atoms with Crippen LogP contribution in [0.1, 0.15) is 22.0 Å². The van der Waals surface area contributed by atoms with Gasteiger partial charge in [0.25, 0.3) is 0 Å². The van der Waals surface area contributed by atoms with Crippen LogP contribution < -0.4 is 10.2 Å². The average molecular weight is 404 g/mol. The van der Waals surface area contributed by atoms with Gasteiger partial charge >= 0.3 is 5.97 Å². The number of nitrogens with zero attached hydrogens (tertiary/aromatic N) is 5. The number of hydrogen-bond donors (Lipinski definition) is 1. The zero-order valence-electron chi connectivity index (χ0n) is 16.7. The number of nitrogens with one attached hydrogen (secondary N) is 1. The van der Waals surface area contributed by atoms with Gasteiger partial charge in [-0.25, -0.2) is 4.79 Å². The fourth-order valence-electron chi connectivity index (χ4n) is 3.37. The number of aromatic nitrogens is 4. The van der Waals surface area contributed by atoms with Gasteiger partial charge in [-0.1, -0.05) is 47.6 Å². The van der Waals surface area contributed by atoms with Crippen molar-refractivity contribution >= 4 is 29.1 Å². The Kier molecular flexibility index (Phi) is 5.01. The number of esters is 1. The molecule has 2 aromatic carbocycles. The molecular formula is C21H20N6O3. The lowest BCUT2D eigenvalue weighted by Crippen LogP contribution is -2.31. The fraction of sp³-hybridized carbons (Fsp3) is 0.190. The molecule has 0 amide bonds. The van der Waals surface area contributed by atoms with E-state index < -0.39 is 12.0 Å². The summed E-state index contributed by atoms with van der Waals surface area (Å²) in [5.74, 6) is -0.757. The van der Waals surface area contributed by atoms with Crippen LogP contribution in [-0.4, -0.2) is 53.2 Å². The average Bonchev–Trinajstić information content (AvgIpc) is 3.26. The Morgan fingerprint density at radius 2 is 1.77 bits per heavy atom. The van der Waals surface area contributed by atoms with Crippen LogP contribution in [0.5, 0.6) is 0 Å². The predicted octanol–water partition coefficient (Wildman–Crippen LogP) is 2.17. The van der Waals surface area contributed by atoms with E-state index in [0.29, 0.717) is 5.56 Å². The van der Waals surface area contributed by atoms with Crippen molar-refractivity contribution in [1.29, 1.82) is 0 Å². The first-order valence-electron chi connectivity index (χ1n) is 9.26. The van der Waals surface area contributed by atoms with Crippen molar-refractivity contribution < 1.29 is 14.3 Å². The lowest BCUT2D eigenvalue weighted by Gasteiger charge is -2.28. The summed E-state index contributed by atoms with van der Waals surface area (Å²) in [7, 11) is 5.15. The number of ether oxygens (including phenoxy) is 1. The Balaban J connectivity index is 1.92. The van der Waals surface area contributed by atoms with Crippen LogP contribution in [0.4, 0.5) is 11.6 Å². The molecule has 1 aromatic heterocycles. The molecule has 3 aromatic rings. The van der Waals surface area contributed by atoms with Gasteiger partial charge in [0.2, 0.25) is 5.95 Å². The molecule has 0 radical (unpaired) electrons. The van der Waals surface area contributed by atoms with E-state index in [2.05, 4.69) is 20.8 Å². The molecule has 30 heavy (non-hydrogen) atoms. The van der Waals surface area contributed by atoms with Crippen molar-refractivity contribution in [3.05, 3.63) is 71.3 Å². The fourth-order valence-corrected chi connectivity index (χ4v) is 3.37. The van der Waals surface area contributed by atoms with E-state index in [1.165, 1.54) is 11.8 Å². The van der Waals surface area contributed by atoms with Gasteiger partial charge in [0, 0.05) is 25.3 Å². The molecule has 2 heterocycles. The molecular weight excluding hydrogens is 384 g/mol. The van der Waals surface area contributed by atoms with Crippen LogP contribution in [-0.2, 0) is 9.53 Å². The van der Waals surface area contributed by atoms with E-state index in [1.807, 2.05) is 49.3 Å². The van der Waals surface area contributed by atoms with E-state index in [-0.39, 0.29) is 23.0 Å². The summed E-state index contributed by atoms with van der Waals surface area (Å²) in [5, 5.41) is 14.6. The molecule has 1 aliphatic heterocycles. The van der Waals surface area contributed by atoms with Gasteiger partial charge in [0.1, 0.15) is 0 Å². The highest BCUT2D eigenvalue weighted by atomic mass is 16.5. The van der Waals surface area contributed by atoms with E-state index in [1.54, 1.807) is 24.3 Å². The number of hydrogen-bond acceptors (Lipinski definition) is 8. The Morgan fingerprint density at radius 1 is 1.07 bits per heavy atom. The number of tetrazole rings is 1. The summed E-state index contributed by atoms with van der Waals surface area (Å²) in [4.78, 5) is 28.2. The summed E-state index contributed by atoms with van der Waals surface area (Å²) in [6, 6.07) is 15.8. The first-order valence-corrected chi connectivity index (χ1v) is 9.26. The predicted molar refractivity (Wildman–Crippen MR) is 111 cm³/mol. The van der Waals surface area contributed by atoms with Crippen LogP contribution in [0.15, 0.2) is 60.2 Å². The molecule has 152 valence electrons. The normalized spacial score (nSPS) is 15.2. The van der Waals surface area contributed by atoms with Crippen LogP contribution in [0.2, 0.25) is 0 Å². The maximum absolute atomic E-state index is 13.5. The van der Waals surface area contributed by atoms with E-state index in [0.717, 1.165) is 11.3 Å². The van der Waals surface area contributed by atoms with Crippen molar-refractivity contribution in [2.24, 2.45) is 0 Å². The van der Waals surface area contributed by atoms with Crippen molar-refractivity contribution in [3.8, 4) is 0 Å². The number of anilines is 2. The van der Waals surface area contributed by atoms with Crippen molar-refractivity contribution in [1.82, 2.24) is 20.2 Å². The lowest BCUT2D eigenvalue weighted by molar-refractivity contribution is -0.134. The summed E-state index contributed by atoms with van der Waals surface area (Å²) in [6.07, 6.45) is 0. The maximum Gasteiger partial charge on any atom is 0.357 e. The number of rotatable bonds is 5. The van der Waals surface area contributed by atoms with Gasteiger partial charge in [0.05, 0.1) is 18.7 Å². The highest BCUT2D eigenvalue weighted by Crippen LogP contribution is 2.37. The topological polar surface area (TPSA) is 102 Å². The molecule has 9 nitrogen and oxygen atoms in total. The second-order valence-corrected chi connectivity index (χ2v) is 6.93. The number of carbonyl (C=O) groups is 2. The van der Waals surface area contributed by atoms with Gasteiger partial charge in [-0.3, -0.25) is 4.79 Å². The Bertz CT molecular complexity index is 1120. The van der Waals surface area contributed by atoms with E-state index in [9.17, 15) is 9.59 Å². The molecule has 4 rings (SSSR count). The minimum absolute atomic E-state index is 0.00760. The largest absolute Gasteiger partial charge is 0.464 e. The number of fused-ring (bicyclic) bond motifs is 1. The zero-order valence-corrected chi connectivity index (χ0v) is 16.7. The molecule has 1 N–H and O–H groups in total. The standard InChI is InChI=1S/C21H20N6O3/c1-26(2)15-11-9-13(10-12-15)17-16(19(28)14-7-5-4-6-8-14)18(20(29)30-3)27-21(22-17)23-24-25-27/h4-12,17H,1-3H3,(H,22,23,25)/t17-/m0/s1. The van der Waals surface area contributed by atoms with Gasteiger partial charge < -0.3 is 15.0 Å². The number of benzene rings is 2. The molecule has 9 heteroatoms. The van der Waals surface area contributed by atoms with Crippen molar-refractivity contribution in [2.45, 2.75) is 6.04 Å². The molecule has 0 fully saturated rings. The summed E-state index contributed by atoms with van der Waals surface area (Å²) in [5.41, 5.74) is 2.45. The third kappa shape index (κ3) is 3.30. The van der Waals surface area contributed by atoms with E-state index in [4.69, 9.17) is 4.74 Å². The molecule has 0 saturated heterocycles. The van der Waals surface area contributed by atoms with Gasteiger partial charge in [0.15, 0.2) is 11.5 Å². The monoisotopic (exact) mass is 404 g/mol. The Labute approximate surface area is 172 Å². The summed E-state index contributed by atoms with van der Waals surface area (Å²) < 4.78 is 6.17. The van der Waals surface area contributed by atoms with Crippen LogP contribution in [0, 0.1) is 0 Å². The van der Waals surface area contributed by atoms with Gasteiger partial charge in [-0.05, 0) is 28.1 Å². The maximum atomic E-state index is 13.5. The second kappa shape index (κ2) is 7.78. The second-order valence-electron chi connectivity index (χ2n) is 6.93. The smallest absolute Gasteiger partial charge is 0.357 e. The van der Waals surface area contributed by atoms with Gasteiger partial charge in [-0.2, -0.15) is 4.68 Å². The molecule has 0 bridgehead atoms. The molecule has 0 unspecified atom stereocenters. The van der Waals surface area contributed by atoms with Crippen LogP contribution in [0.25, 0.3) is 5.70 Å². The number of methoxy groups -OCH3 is 1. The number of carbonyl (C=O) groups excluding carboxylic acids is 2. The zero-order chi connectivity index (χ0) is 21.3. The van der Waals surface area contributed by atoms with Crippen LogP contribution in [0.3, 0.4) is 0 Å². The van der Waals surface area contributed by atoms with Crippen molar-refractivity contribution in [2.75, 3.05) is 31.4 Å². The number of Topliss-reactive ketones (excluding diaryl/α,β-unsaturated/α-hetero) is 1. The van der Waals surface area contributed by atoms with Gasteiger partial charge in [-0.15, -0.1) is 0 Å². The highest BCUT2D eigenvalue weighted by Gasteiger charge is 2.38.